The van der Waals surface area contributed by atoms with Crippen molar-refractivity contribution in [1.29, 1.82) is 0 Å². The molecular weight excluding hydrogens is 258 g/mol. The third kappa shape index (κ3) is 5.73. The van der Waals surface area contributed by atoms with Gasteiger partial charge in [-0.15, -0.1) is 0 Å². The second-order valence-electron chi connectivity index (χ2n) is 4.42. The van der Waals surface area contributed by atoms with E-state index in [2.05, 4.69) is 5.32 Å². The van der Waals surface area contributed by atoms with Gasteiger partial charge in [-0.05, 0) is 38.5 Å². The molecule has 0 aliphatic heterocycles. The summed E-state index contributed by atoms with van der Waals surface area (Å²) in [5.74, 6) is 0.0777. The van der Waals surface area contributed by atoms with Crippen LogP contribution in [0.3, 0.4) is 0 Å². The van der Waals surface area contributed by atoms with E-state index in [1.54, 1.807) is 19.9 Å². The normalized spacial score (nSPS) is 11.6. The van der Waals surface area contributed by atoms with Crippen LogP contribution in [0.5, 0.6) is 5.75 Å². The number of nitrogens with one attached hydrogen (secondary N) is 1. The molecule has 1 unspecified atom stereocenters. The predicted octanol–water partition coefficient (Wildman–Crippen LogP) is 1.83. The zero-order valence-electron chi connectivity index (χ0n) is 12.1. The Kier molecular flexibility index (Phi) is 6.56. The quantitative estimate of drug-likeness (QED) is 0.773. The van der Waals surface area contributed by atoms with Crippen LogP contribution < -0.4 is 10.1 Å². The molecule has 0 saturated carbocycles. The molecule has 1 atom stereocenters. The molecule has 5 heteroatoms. The Morgan fingerprint density at radius 2 is 2.10 bits per heavy atom. The van der Waals surface area contributed by atoms with Crippen LogP contribution in [0.2, 0.25) is 0 Å². The van der Waals surface area contributed by atoms with E-state index < -0.39 is 6.10 Å². The summed E-state index contributed by atoms with van der Waals surface area (Å²) in [5, 5.41) is 2.64. The molecule has 0 bridgehead atoms. The number of amides is 1. The highest BCUT2D eigenvalue weighted by Crippen LogP contribution is 2.14. The molecule has 1 rings (SSSR count). The van der Waals surface area contributed by atoms with Crippen molar-refractivity contribution < 1.29 is 19.1 Å². The molecule has 0 saturated heterocycles. The zero-order chi connectivity index (χ0) is 15.0. The van der Waals surface area contributed by atoms with Gasteiger partial charge in [-0.25, -0.2) is 0 Å². The summed E-state index contributed by atoms with van der Waals surface area (Å²) in [5.41, 5.74) is 1.07. The fraction of sp³-hybridized carbons (Fsp3) is 0.467. The lowest BCUT2D eigenvalue weighted by atomic mass is 10.2. The summed E-state index contributed by atoms with van der Waals surface area (Å²) >= 11 is 0. The molecular formula is C15H21NO4. The first kappa shape index (κ1) is 16.0. The van der Waals surface area contributed by atoms with Gasteiger partial charge in [0.05, 0.1) is 13.0 Å². The first-order valence-electron chi connectivity index (χ1n) is 6.69. The maximum Gasteiger partial charge on any atom is 0.307 e. The summed E-state index contributed by atoms with van der Waals surface area (Å²) in [6.45, 7) is 5.96. The van der Waals surface area contributed by atoms with Crippen molar-refractivity contribution >= 4 is 11.9 Å². The lowest BCUT2D eigenvalue weighted by Crippen LogP contribution is -2.37. The minimum Gasteiger partial charge on any atom is -0.481 e. The molecule has 0 fully saturated rings. The fourth-order valence-corrected chi connectivity index (χ4v) is 1.61. The number of rotatable bonds is 7. The molecule has 20 heavy (non-hydrogen) atoms. The summed E-state index contributed by atoms with van der Waals surface area (Å²) in [4.78, 5) is 22.9. The summed E-state index contributed by atoms with van der Waals surface area (Å²) < 4.78 is 10.3. The second kappa shape index (κ2) is 8.19. The van der Waals surface area contributed by atoms with Gasteiger partial charge in [0.2, 0.25) is 0 Å². The van der Waals surface area contributed by atoms with Gasteiger partial charge in [0.1, 0.15) is 5.75 Å². The number of benzene rings is 1. The predicted molar refractivity (Wildman–Crippen MR) is 75.5 cm³/mol. The molecule has 0 aliphatic carbocycles. The van der Waals surface area contributed by atoms with Crippen molar-refractivity contribution in [2.24, 2.45) is 0 Å². The van der Waals surface area contributed by atoms with Gasteiger partial charge in [0.15, 0.2) is 6.10 Å². The van der Waals surface area contributed by atoms with E-state index in [0.717, 1.165) is 5.56 Å². The number of hydrogen-bond donors (Lipinski definition) is 1. The van der Waals surface area contributed by atoms with E-state index in [0.29, 0.717) is 12.4 Å². The maximum absolute atomic E-state index is 11.8. The van der Waals surface area contributed by atoms with Crippen molar-refractivity contribution in [2.45, 2.75) is 33.3 Å². The van der Waals surface area contributed by atoms with Crippen LogP contribution in [0.1, 0.15) is 25.8 Å². The highest BCUT2D eigenvalue weighted by molar-refractivity contribution is 5.81. The lowest BCUT2D eigenvalue weighted by Gasteiger charge is -2.14. The Morgan fingerprint density at radius 3 is 2.75 bits per heavy atom. The smallest absolute Gasteiger partial charge is 0.307 e. The average Bonchev–Trinajstić information content (AvgIpc) is 2.38. The van der Waals surface area contributed by atoms with E-state index in [9.17, 15) is 9.59 Å². The number of carbonyl (C=O) groups is 2. The van der Waals surface area contributed by atoms with Crippen molar-refractivity contribution in [3.05, 3.63) is 29.8 Å². The molecule has 1 N–H and O–H groups in total. The van der Waals surface area contributed by atoms with Crippen LogP contribution in [0.25, 0.3) is 0 Å². The van der Waals surface area contributed by atoms with E-state index in [4.69, 9.17) is 9.47 Å². The van der Waals surface area contributed by atoms with Crippen molar-refractivity contribution in [3.63, 3.8) is 0 Å². The van der Waals surface area contributed by atoms with E-state index in [1.165, 1.54) is 0 Å². The average molecular weight is 279 g/mol. The Hall–Kier alpha value is -2.04. The molecule has 0 aliphatic rings. The third-order valence-corrected chi connectivity index (χ3v) is 2.61. The first-order valence-corrected chi connectivity index (χ1v) is 6.69. The summed E-state index contributed by atoms with van der Waals surface area (Å²) in [6.07, 6.45) is -0.449. The maximum atomic E-state index is 11.8. The van der Waals surface area contributed by atoms with Crippen LogP contribution in [0.15, 0.2) is 24.3 Å². The number of aryl methyl sites for hydroxylation is 1. The van der Waals surface area contributed by atoms with E-state index >= 15 is 0 Å². The summed E-state index contributed by atoms with van der Waals surface area (Å²) in [6, 6.07) is 7.49. The van der Waals surface area contributed by atoms with Gasteiger partial charge in [-0.3, -0.25) is 9.59 Å². The number of hydrogen-bond acceptors (Lipinski definition) is 4. The highest BCUT2D eigenvalue weighted by atomic mass is 16.5. The van der Waals surface area contributed by atoms with Gasteiger partial charge in [-0.2, -0.15) is 0 Å². The Morgan fingerprint density at radius 1 is 1.35 bits per heavy atom. The lowest BCUT2D eigenvalue weighted by molar-refractivity contribution is -0.143. The van der Waals surface area contributed by atoms with E-state index in [1.807, 2.05) is 25.1 Å². The first-order chi connectivity index (χ1) is 9.52. The molecule has 0 radical (unpaired) electrons. The van der Waals surface area contributed by atoms with Crippen LogP contribution in [-0.4, -0.2) is 31.1 Å². The SMILES string of the molecule is CCOC(=O)CCNC(=O)C(C)Oc1cccc(C)c1. The van der Waals surface area contributed by atoms with Crippen LogP contribution >= 0.6 is 0 Å². The fourth-order valence-electron chi connectivity index (χ4n) is 1.61. The van der Waals surface area contributed by atoms with Crippen molar-refractivity contribution in [2.75, 3.05) is 13.2 Å². The molecule has 1 aromatic rings. The Labute approximate surface area is 119 Å². The molecule has 0 spiro atoms. The van der Waals surface area contributed by atoms with Crippen molar-refractivity contribution in [1.82, 2.24) is 5.32 Å². The van der Waals surface area contributed by atoms with Gasteiger partial charge >= 0.3 is 5.97 Å². The van der Waals surface area contributed by atoms with Crippen LogP contribution in [0, 0.1) is 6.92 Å². The standard InChI is InChI=1S/C15H21NO4/c1-4-19-14(17)8-9-16-15(18)12(3)20-13-7-5-6-11(2)10-13/h5-7,10,12H,4,8-9H2,1-3H3,(H,16,18). The van der Waals surface area contributed by atoms with Crippen LogP contribution in [0.4, 0.5) is 0 Å². The molecule has 0 aromatic heterocycles. The minimum absolute atomic E-state index is 0.163. The number of ether oxygens (including phenoxy) is 2. The van der Waals surface area contributed by atoms with E-state index in [-0.39, 0.29) is 24.8 Å². The monoisotopic (exact) mass is 279 g/mol. The summed E-state index contributed by atoms with van der Waals surface area (Å²) in [7, 11) is 0. The highest BCUT2D eigenvalue weighted by Gasteiger charge is 2.14. The Balaban J connectivity index is 2.34. The van der Waals surface area contributed by atoms with Gasteiger partial charge in [0.25, 0.3) is 5.91 Å². The minimum atomic E-state index is -0.612. The molecule has 1 amide bonds. The van der Waals surface area contributed by atoms with Crippen LogP contribution in [-0.2, 0) is 14.3 Å². The van der Waals surface area contributed by atoms with Gasteiger partial charge < -0.3 is 14.8 Å². The zero-order valence-corrected chi connectivity index (χ0v) is 12.1. The number of carbonyl (C=O) groups excluding carboxylic acids is 2. The topological polar surface area (TPSA) is 64.6 Å². The molecule has 1 aromatic carbocycles. The largest absolute Gasteiger partial charge is 0.481 e. The van der Waals surface area contributed by atoms with Crippen molar-refractivity contribution in [3.8, 4) is 5.75 Å². The van der Waals surface area contributed by atoms with Gasteiger partial charge in [0, 0.05) is 6.54 Å². The second-order valence-corrected chi connectivity index (χ2v) is 4.42. The Bertz CT molecular complexity index is 459. The third-order valence-electron chi connectivity index (χ3n) is 2.61. The molecule has 5 nitrogen and oxygen atoms in total. The number of esters is 1. The molecule has 110 valence electrons. The van der Waals surface area contributed by atoms with Gasteiger partial charge in [-0.1, -0.05) is 12.1 Å². The molecule has 0 heterocycles.